The van der Waals surface area contributed by atoms with E-state index < -0.39 is 0 Å². The van der Waals surface area contributed by atoms with Crippen LogP contribution in [0.25, 0.3) is 0 Å². The molecular weight excluding hydrogens is 336 g/mol. The first-order valence-electron chi connectivity index (χ1n) is 11.2. The van der Waals surface area contributed by atoms with E-state index in [1.807, 2.05) is 0 Å². The Labute approximate surface area is 164 Å². The highest BCUT2D eigenvalue weighted by Crippen LogP contribution is 2.23. The molecule has 1 aromatic heterocycles. The fourth-order valence-electron chi connectivity index (χ4n) is 4.31. The van der Waals surface area contributed by atoms with E-state index in [9.17, 15) is 0 Å². The number of aromatic nitrogens is 1. The topological polar surface area (TPSA) is 49.4 Å². The predicted octanol–water partition coefficient (Wildman–Crippen LogP) is 3.00. The van der Waals surface area contributed by atoms with Crippen LogP contribution >= 0.6 is 0 Å². The summed E-state index contributed by atoms with van der Waals surface area (Å²) in [5.74, 6) is 1.13. The Morgan fingerprint density at radius 2 is 2.04 bits per heavy atom. The van der Waals surface area contributed by atoms with E-state index in [1.165, 1.54) is 75.7 Å². The summed E-state index contributed by atoms with van der Waals surface area (Å²) in [6.45, 7) is 6.60. The highest BCUT2D eigenvalue weighted by Gasteiger charge is 2.24. The number of pyridine rings is 1. The van der Waals surface area contributed by atoms with Gasteiger partial charge in [0.25, 0.3) is 0 Å². The third kappa shape index (κ3) is 5.90. The molecule has 0 amide bonds. The number of unbranched alkanes of at least 4 members (excludes halogenated alkanes) is 2. The van der Waals surface area contributed by atoms with Crippen LogP contribution < -0.4 is 10.6 Å². The van der Waals surface area contributed by atoms with Gasteiger partial charge in [-0.3, -0.25) is 4.90 Å². The maximum absolute atomic E-state index is 5.90. The number of nitrogens with one attached hydrogen (secondary N) is 2. The quantitative estimate of drug-likeness (QED) is 0.585. The van der Waals surface area contributed by atoms with Crippen molar-refractivity contribution >= 4 is 5.82 Å². The molecule has 0 unspecified atom stereocenters. The summed E-state index contributed by atoms with van der Waals surface area (Å²) in [5.41, 5.74) is 2.64. The Hall–Kier alpha value is -1.17. The third-order valence-electron chi connectivity index (χ3n) is 6.14. The van der Waals surface area contributed by atoms with Gasteiger partial charge in [-0.05, 0) is 76.1 Å². The Bertz CT molecular complexity index is 584. The van der Waals surface area contributed by atoms with Gasteiger partial charge >= 0.3 is 0 Å². The van der Waals surface area contributed by atoms with Gasteiger partial charge in [0.1, 0.15) is 5.82 Å². The van der Waals surface area contributed by atoms with E-state index in [0.29, 0.717) is 12.1 Å². The first-order chi connectivity index (χ1) is 13.4. The largest absolute Gasteiger partial charge is 0.377 e. The van der Waals surface area contributed by atoms with Gasteiger partial charge < -0.3 is 15.4 Å². The fraction of sp³-hybridized carbons (Fsp3) is 0.773. The molecule has 2 aliphatic heterocycles. The highest BCUT2D eigenvalue weighted by atomic mass is 16.5. The summed E-state index contributed by atoms with van der Waals surface area (Å²) in [6.07, 6.45) is 11.7. The molecular formula is C22H36N4O. The van der Waals surface area contributed by atoms with Crippen molar-refractivity contribution in [2.45, 2.75) is 69.9 Å². The Morgan fingerprint density at radius 3 is 2.89 bits per heavy atom. The smallest absolute Gasteiger partial charge is 0.129 e. The van der Waals surface area contributed by atoms with Crippen LogP contribution in [0.1, 0.15) is 56.2 Å². The average Bonchev–Trinajstić information content (AvgIpc) is 3.36. The maximum atomic E-state index is 5.90. The number of fused-ring (bicyclic) bond motifs is 1. The minimum Gasteiger partial charge on any atom is -0.377 e. The standard InChI is InChI=1S/C22H36N4O/c1(2-6-19-8-7-18-5-4-12-24-22(18)25-19)3-14-26(20-11-13-23-17-20)15-16-27-21-9-10-21/h7-8,20-21,23H,1-6,9-17H2,(H,24,25)/t20-/m1/s1. The zero-order valence-electron chi connectivity index (χ0n) is 16.7. The maximum Gasteiger partial charge on any atom is 0.129 e. The predicted molar refractivity (Wildman–Crippen MR) is 110 cm³/mol. The van der Waals surface area contributed by atoms with Crippen molar-refractivity contribution in [1.29, 1.82) is 0 Å². The molecule has 3 heterocycles. The number of hydrogen-bond acceptors (Lipinski definition) is 5. The Morgan fingerprint density at radius 1 is 1.07 bits per heavy atom. The normalized spacial score (nSPS) is 22.0. The lowest BCUT2D eigenvalue weighted by atomic mass is 10.1. The van der Waals surface area contributed by atoms with E-state index in [0.717, 1.165) is 38.5 Å². The molecule has 1 saturated carbocycles. The van der Waals surface area contributed by atoms with Gasteiger partial charge in [0, 0.05) is 31.4 Å². The molecule has 5 heteroatoms. The molecule has 1 aromatic rings. The molecule has 150 valence electrons. The molecule has 0 aromatic carbocycles. The first-order valence-corrected chi connectivity index (χ1v) is 11.2. The summed E-state index contributed by atoms with van der Waals surface area (Å²) < 4.78 is 5.90. The molecule has 3 aliphatic rings. The molecule has 0 bridgehead atoms. The molecule has 0 spiro atoms. The zero-order valence-corrected chi connectivity index (χ0v) is 16.7. The summed E-state index contributed by atoms with van der Waals surface area (Å²) in [7, 11) is 0. The lowest BCUT2D eigenvalue weighted by Gasteiger charge is -2.28. The number of anilines is 1. The summed E-state index contributed by atoms with van der Waals surface area (Å²) >= 11 is 0. The lowest BCUT2D eigenvalue weighted by Crippen LogP contribution is -2.39. The van der Waals surface area contributed by atoms with Gasteiger partial charge in [-0.25, -0.2) is 4.98 Å². The molecule has 2 fully saturated rings. The fourth-order valence-corrected chi connectivity index (χ4v) is 4.31. The van der Waals surface area contributed by atoms with E-state index in [4.69, 9.17) is 9.72 Å². The molecule has 27 heavy (non-hydrogen) atoms. The van der Waals surface area contributed by atoms with Crippen LogP contribution in [0.5, 0.6) is 0 Å². The molecule has 1 saturated heterocycles. The number of ether oxygens (including phenoxy) is 1. The van der Waals surface area contributed by atoms with E-state index in [-0.39, 0.29) is 0 Å². The van der Waals surface area contributed by atoms with Crippen molar-refractivity contribution in [2.24, 2.45) is 0 Å². The van der Waals surface area contributed by atoms with Crippen molar-refractivity contribution < 1.29 is 4.74 Å². The molecule has 1 aliphatic carbocycles. The molecule has 4 rings (SSSR count). The van der Waals surface area contributed by atoms with Gasteiger partial charge in [-0.15, -0.1) is 0 Å². The van der Waals surface area contributed by atoms with Crippen LogP contribution in [0.3, 0.4) is 0 Å². The number of aryl methyl sites for hydroxylation is 2. The average molecular weight is 373 g/mol. The van der Waals surface area contributed by atoms with Crippen molar-refractivity contribution in [1.82, 2.24) is 15.2 Å². The second-order valence-electron chi connectivity index (χ2n) is 8.40. The monoisotopic (exact) mass is 372 g/mol. The van der Waals surface area contributed by atoms with Crippen molar-refractivity contribution in [3.05, 3.63) is 23.4 Å². The molecule has 2 N–H and O–H groups in total. The van der Waals surface area contributed by atoms with Crippen LogP contribution in [0.2, 0.25) is 0 Å². The number of nitrogens with zero attached hydrogens (tertiary/aromatic N) is 2. The van der Waals surface area contributed by atoms with Crippen LogP contribution in [-0.2, 0) is 17.6 Å². The van der Waals surface area contributed by atoms with Crippen LogP contribution in [-0.4, -0.2) is 61.4 Å². The lowest BCUT2D eigenvalue weighted by molar-refractivity contribution is 0.0786. The number of rotatable bonds is 11. The van der Waals surface area contributed by atoms with Crippen molar-refractivity contribution in [3.63, 3.8) is 0 Å². The SMILES string of the molecule is c1cc2c(nc1CCCCCN(CCOC1CC1)[C@@H]1CCNC1)NCCC2. The molecule has 5 nitrogen and oxygen atoms in total. The minimum absolute atomic E-state index is 0.576. The Balaban J connectivity index is 1.16. The second kappa shape index (κ2) is 9.85. The van der Waals surface area contributed by atoms with E-state index in [2.05, 4.69) is 27.7 Å². The first kappa shape index (κ1) is 19.2. The minimum atomic E-state index is 0.576. The molecule has 0 radical (unpaired) electrons. The van der Waals surface area contributed by atoms with Gasteiger partial charge in [-0.2, -0.15) is 0 Å². The second-order valence-corrected chi connectivity index (χ2v) is 8.40. The van der Waals surface area contributed by atoms with E-state index in [1.54, 1.807) is 0 Å². The van der Waals surface area contributed by atoms with E-state index >= 15 is 0 Å². The summed E-state index contributed by atoms with van der Waals surface area (Å²) in [5, 5.41) is 6.96. The highest BCUT2D eigenvalue weighted by molar-refractivity contribution is 5.46. The van der Waals surface area contributed by atoms with Gasteiger partial charge in [-0.1, -0.05) is 12.5 Å². The zero-order chi connectivity index (χ0) is 18.3. The summed E-state index contributed by atoms with van der Waals surface area (Å²) in [4.78, 5) is 7.50. The van der Waals surface area contributed by atoms with Gasteiger partial charge in [0.2, 0.25) is 0 Å². The van der Waals surface area contributed by atoms with Crippen LogP contribution in [0.15, 0.2) is 12.1 Å². The Kier molecular flexibility index (Phi) is 6.99. The van der Waals surface area contributed by atoms with Gasteiger partial charge in [0.15, 0.2) is 0 Å². The number of hydrogen-bond donors (Lipinski definition) is 2. The van der Waals surface area contributed by atoms with Crippen LogP contribution in [0, 0.1) is 0 Å². The van der Waals surface area contributed by atoms with Gasteiger partial charge in [0.05, 0.1) is 12.7 Å². The third-order valence-corrected chi connectivity index (χ3v) is 6.14. The van der Waals surface area contributed by atoms with Crippen molar-refractivity contribution in [2.75, 3.05) is 44.6 Å². The summed E-state index contributed by atoms with van der Waals surface area (Å²) in [6, 6.07) is 5.22. The van der Waals surface area contributed by atoms with Crippen LogP contribution in [0.4, 0.5) is 5.82 Å². The molecule has 1 atom stereocenters. The van der Waals surface area contributed by atoms with Crippen molar-refractivity contribution in [3.8, 4) is 0 Å².